The Morgan fingerprint density at radius 1 is 1.17 bits per heavy atom. The van der Waals surface area contributed by atoms with Gasteiger partial charge in [0.1, 0.15) is 11.2 Å². The molecule has 18 heavy (non-hydrogen) atoms. The molecule has 1 aliphatic carbocycles. The summed E-state index contributed by atoms with van der Waals surface area (Å²) in [5, 5.41) is 0. The Bertz CT molecular complexity index is 377. The molecule has 2 heteroatoms. The van der Waals surface area contributed by atoms with E-state index in [2.05, 4.69) is 41.5 Å². The van der Waals surface area contributed by atoms with Gasteiger partial charge in [-0.1, -0.05) is 13.8 Å². The zero-order valence-electron chi connectivity index (χ0n) is 12.8. The summed E-state index contributed by atoms with van der Waals surface area (Å²) < 4.78 is 12.8. The number of fused-ring (bicyclic) bond motifs is 2. The Hall–Kier alpha value is -0.0800. The summed E-state index contributed by atoms with van der Waals surface area (Å²) in [6, 6.07) is 0. The van der Waals surface area contributed by atoms with E-state index in [1.807, 2.05) is 0 Å². The molecule has 0 N–H and O–H groups in total. The molecule has 1 saturated carbocycles. The fourth-order valence-electron chi connectivity index (χ4n) is 4.80. The van der Waals surface area contributed by atoms with Crippen LogP contribution in [-0.2, 0) is 9.47 Å². The second-order valence-electron chi connectivity index (χ2n) is 7.75. The molecule has 2 aliphatic heterocycles. The van der Waals surface area contributed by atoms with Crippen LogP contribution in [-0.4, -0.2) is 22.9 Å². The van der Waals surface area contributed by atoms with Crippen LogP contribution in [0.25, 0.3) is 0 Å². The Morgan fingerprint density at radius 2 is 1.78 bits per heavy atom. The molecule has 2 saturated heterocycles. The molecule has 3 fully saturated rings. The summed E-state index contributed by atoms with van der Waals surface area (Å²) >= 11 is 0. The first-order valence-corrected chi connectivity index (χ1v) is 7.59. The zero-order valence-corrected chi connectivity index (χ0v) is 12.8. The van der Waals surface area contributed by atoms with Gasteiger partial charge in [0.25, 0.3) is 0 Å². The van der Waals surface area contributed by atoms with Crippen molar-refractivity contribution < 1.29 is 9.47 Å². The molecule has 3 aliphatic rings. The normalized spacial score (nSPS) is 57.7. The predicted octanol–water partition coefficient (Wildman–Crippen LogP) is 3.93. The van der Waals surface area contributed by atoms with Gasteiger partial charge >= 0.3 is 0 Å². The average molecular weight is 252 g/mol. The molecule has 0 spiro atoms. The van der Waals surface area contributed by atoms with E-state index in [4.69, 9.17) is 9.47 Å². The molecule has 5 atom stereocenters. The van der Waals surface area contributed by atoms with E-state index < -0.39 is 0 Å². The molecule has 2 heterocycles. The second-order valence-corrected chi connectivity index (χ2v) is 7.75. The molecule has 0 amide bonds. The van der Waals surface area contributed by atoms with Gasteiger partial charge in [-0.25, -0.2) is 0 Å². The first-order chi connectivity index (χ1) is 8.21. The molecule has 0 aromatic carbocycles. The topological polar surface area (TPSA) is 21.8 Å². The summed E-state index contributed by atoms with van der Waals surface area (Å²) in [6.07, 6.45) is 5.30. The van der Waals surface area contributed by atoms with Crippen molar-refractivity contribution in [2.24, 2.45) is 11.3 Å². The molecular weight excluding hydrogens is 224 g/mol. The highest BCUT2D eigenvalue weighted by atomic mass is 16.7. The summed E-state index contributed by atoms with van der Waals surface area (Å²) in [6.45, 7) is 13.8. The smallest absolute Gasteiger partial charge is 0.121 e. The maximum atomic E-state index is 6.74. The van der Waals surface area contributed by atoms with Crippen LogP contribution in [0.4, 0.5) is 0 Å². The number of hydrogen-bond acceptors (Lipinski definition) is 2. The van der Waals surface area contributed by atoms with E-state index in [0.717, 1.165) is 0 Å². The largest absolute Gasteiger partial charge is 0.365 e. The van der Waals surface area contributed by atoms with Crippen LogP contribution in [0.2, 0.25) is 0 Å². The molecular formula is C16H28O2. The molecule has 0 aromatic rings. The van der Waals surface area contributed by atoms with Crippen LogP contribution in [0.1, 0.15) is 67.2 Å². The van der Waals surface area contributed by atoms with E-state index in [0.29, 0.717) is 12.0 Å². The molecule has 104 valence electrons. The predicted molar refractivity (Wildman–Crippen MR) is 72.6 cm³/mol. The minimum absolute atomic E-state index is 0.0155. The molecule has 2 nitrogen and oxygen atoms in total. The summed E-state index contributed by atoms with van der Waals surface area (Å²) in [5.74, 6) is 0.699. The van der Waals surface area contributed by atoms with Crippen molar-refractivity contribution in [2.75, 3.05) is 0 Å². The number of hydrogen-bond donors (Lipinski definition) is 0. The monoisotopic (exact) mass is 252 g/mol. The Kier molecular flexibility index (Phi) is 2.39. The fourth-order valence-corrected chi connectivity index (χ4v) is 4.80. The quantitative estimate of drug-likeness (QED) is 0.695. The van der Waals surface area contributed by atoms with Crippen LogP contribution in [0.5, 0.6) is 0 Å². The van der Waals surface area contributed by atoms with Crippen molar-refractivity contribution in [3.8, 4) is 0 Å². The standard InChI is InChI=1S/C16H28O2/c1-7-14(5)9-8-12-10-16(14,18-13(12,3)4)15(6)11(2)17-15/h11-12H,7-10H2,1-6H3/t11?,12?,14-,15-,16?/m0/s1. The lowest BCUT2D eigenvalue weighted by molar-refractivity contribution is -0.183. The zero-order chi connectivity index (χ0) is 13.4. The Morgan fingerprint density at radius 3 is 2.28 bits per heavy atom. The fraction of sp³-hybridized carbons (Fsp3) is 1.00. The summed E-state index contributed by atoms with van der Waals surface area (Å²) in [5.41, 5.74) is 0.142. The van der Waals surface area contributed by atoms with Crippen molar-refractivity contribution >= 4 is 0 Å². The van der Waals surface area contributed by atoms with E-state index in [-0.39, 0.29) is 22.2 Å². The summed E-state index contributed by atoms with van der Waals surface area (Å²) in [4.78, 5) is 0. The highest BCUT2D eigenvalue weighted by Crippen LogP contribution is 2.68. The Balaban J connectivity index is 2.07. The highest BCUT2D eigenvalue weighted by molar-refractivity contribution is 5.24. The van der Waals surface area contributed by atoms with E-state index in [9.17, 15) is 0 Å². The average Bonchev–Trinajstić information content (AvgIpc) is 2.82. The molecule has 0 radical (unpaired) electrons. The lowest BCUT2D eigenvalue weighted by atomic mass is 9.56. The van der Waals surface area contributed by atoms with Crippen molar-refractivity contribution in [3.05, 3.63) is 0 Å². The molecule has 3 unspecified atom stereocenters. The maximum absolute atomic E-state index is 6.74. The number of epoxide rings is 1. The van der Waals surface area contributed by atoms with Crippen LogP contribution < -0.4 is 0 Å². The van der Waals surface area contributed by atoms with E-state index in [1.54, 1.807) is 0 Å². The van der Waals surface area contributed by atoms with Crippen molar-refractivity contribution in [1.82, 2.24) is 0 Å². The van der Waals surface area contributed by atoms with Gasteiger partial charge in [-0.15, -0.1) is 0 Å². The van der Waals surface area contributed by atoms with Gasteiger partial charge in [-0.05, 0) is 64.7 Å². The van der Waals surface area contributed by atoms with Crippen molar-refractivity contribution in [3.63, 3.8) is 0 Å². The van der Waals surface area contributed by atoms with Gasteiger partial charge < -0.3 is 9.47 Å². The lowest BCUT2D eigenvalue weighted by Gasteiger charge is -2.51. The molecule has 0 aromatic heterocycles. The van der Waals surface area contributed by atoms with E-state index in [1.165, 1.54) is 25.7 Å². The highest BCUT2D eigenvalue weighted by Gasteiger charge is 2.76. The number of ether oxygens (including phenoxy) is 2. The number of rotatable bonds is 2. The van der Waals surface area contributed by atoms with Crippen molar-refractivity contribution in [1.29, 1.82) is 0 Å². The van der Waals surface area contributed by atoms with Gasteiger partial charge in [0.2, 0.25) is 0 Å². The van der Waals surface area contributed by atoms with Gasteiger partial charge in [-0.2, -0.15) is 0 Å². The minimum Gasteiger partial charge on any atom is -0.365 e. The lowest BCUT2D eigenvalue weighted by Crippen LogP contribution is -2.58. The minimum atomic E-state index is -0.0689. The van der Waals surface area contributed by atoms with Crippen molar-refractivity contribution in [2.45, 2.75) is 90.1 Å². The SMILES string of the molecule is CC[C@@]1(C)CCC2CC1([C@@]1(C)OC1C)OC2(C)C. The van der Waals surface area contributed by atoms with Gasteiger partial charge in [0.05, 0.1) is 11.7 Å². The first-order valence-electron chi connectivity index (χ1n) is 7.59. The van der Waals surface area contributed by atoms with Crippen LogP contribution >= 0.6 is 0 Å². The van der Waals surface area contributed by atoms with Gasteiger partial charge in [0, 0.05) is 0 Å². The second kappa shape index (κ2) is 3.32. The molecule has 2 bridgehead atoms. The Labute approximate surface area is 111 Å². The third-order valence-electron chi connectivity index (χ3n) is 6.70. The summed E-state index contributed by atoms with van der Waals surface area (Å²) in [7, 11) is 0. The van der Waals surface area contributed by atoms with Crippen LogP contribution in [0.3, 0.4) is 0 Å². The maximum Gasteiger partial charge on any atom is 0.121 e. The third-order valence-corrected chi connectivity index (χ3v) is 6.70. The van der Waals surface area contributed by atoms with Gasteiger partial charge in [0.15, 0.2) is 0 Å². The van der Waals surface area contributed by atoms with Crippen LogP contribution in [0.15, 0.2) is 0 Å². The third kappa shape index (κ3) is 1.27. The molecule has 3 rings (SSSR count). The van der Waals surface area contributed by atoms with E-state index >= 15 is 0 Å². The van der Waals surface area contributed by atoms with Gasteiger partial charge in [-0.3, -0.25) is 0 Å². The first kappa shape index (κ1) is 12.9. The van der Waals surface area contributed by atoms with Crippen LogP contribution in [0, 0.1) is 11.3 Å².